The number of hydrogen-bond donors (Lipinski definition) is 1. The SMILES string of the molecule is Cc1ccsc1-c1nccn1CCSc1cn[nH]n1. The van der Waals surface area contributed by atoms with Crippen LogP contribution in [0.1, 0.15) is 5.56 Å². The number of thiophene rings is 1. The maximum Gasteiger partial charge on any atom is 0.150 e. The fourth-order valence-electron chi connectivity index (χ4n) is 1.81. The van der Waals surface area contributed by atoms with Crippen LogP contribution >= 0.6 is 23.1 Å². The van der Waals surface area contributed by atoms with Crippen LogP contribution in [0.3, 0.4) is 0 Å². The second kappa shape index (κ2) is 5.58. The van der Waals surface area contributed by atoms with Crippen LogP contribution in [0, 0.1) is 6.92 Å². The Balaban J connectivity index is 1.69. The molecule has 3 rings (SSSR count). The van der Waals surface area contributed by atoms with E-state index in [9.17, 15) is 0 Å². The van der Waals surface area contributed by atoms with Gasteiger partial charge in [0.2, 0.25) is 0 Å². The van der Waals surface area contributed by atoms with Gasteiger partial charge in [-0.15, -0.1) is 28.2 Å². The molecule has 98 valence electrons. The summed E-state index contributed by atoms with van der Waals surface area (Å²) >= 11 is 3.42. The summed E-state index contributed by atoms with van der Waals surface area (Å²) in [5.74, 6) is 1.99. The topological polar surface area (TPSA) is 59.4 Å². The molecule has 0 saturated carbocycles. The van der Waals surface area contributed by atoms with Crippen molar-refractivity contribution in [1.29, 1.82) is 0 Å². The second-order valence-electron chi connectivity index (χ2n) is 4.03. The van der Waals surface area contributed by atoms with Crippen LogP contribution in [-0.4, -0.2) is 30.7 Å². The first-order valence-corrected chi connectivity index (χ1v) is 7.75. The minimum Gasteiger partial charge on any atom is -0.329 e. The molecule has 1 N–H and O–H groups in total. The van der Waals surface area contributed by atoms with Crippen LogP contribution in [0.15, 0.2) is 35.1 Å². The summed E-state index contributed by atoms with van der Waals surface area (Å²) in [7, 11) is 0. The summed E-state index contributed by atoms with van der Waals surface area (Å²) < 4.78 is 2.19. The number of aromatic nitrogens is 5. The van der Waals surface area contributed by atoms with Crippen molar-refractivity contribution < 1.29 is 0 Å². The summed E-state index contributed by atoms with van der Waals surface area (Å²) in [4.78, 5) is 5.71. The maximum absolute atomic E-state index is 4.47. The molecule has 0 aliphatic heterocycles. The molecule has 0 aromatic carbocycles. The van der Waals surface area contributed by atoms with Gasteiger partial charge < -0.3 is 4.57 Å². The van der Waals surface area contributed by atoms with Crippen LogP contribution in [0.5, 0.6) is 0 Å². The normalized spacial score (nSPS) is 11.0. The van der Waals surface area contributed by atoms with Crippen molar-refractivity contribution in [3.8, 4) is 10.7 Å². The molecule has 0 aliphatic carbocycles. The number of H-pyrrole nitrogens is 1. The number of nitrogens with zero attached hydrogens (tertiary/aromatic N) is 4. The van der Waals surface area contributed by atoms with Crippen molar-refractivity contribution >= 4 is 23.1 Å². The minimum atomic E-state index is 0.907. The van der Waals surface area contributed by atoms with Crippen molar-refractivity contribution in [2.24, 2.45) is 0 Å². The molecule has 0 atom stereocenters. The van der Waals surface area contributed by atoms with E-state index >= 15 is 0 Å². The van der Waals surface area contributed by atoms with Gasteiger partial charge in [-0.25, -0.2) is 4.98 Å². The molecule has 0 amide bonds. The average molecular weight is 291 g/mol. The standard InChI is InChI=1S/C12H13N5S2/c1-9-2-6-19-11(9)12-13-3-4-17(12)5-7-18-10-8-14-16-15-10/h2-4,6,8H,5,7H2,1H3,(H,14,15,16). The molecular weight excluding hydrogens is 278 g/mol. The lowest BCUT2D eigenvalue weighted by Gasteiger charge is -2.06. The van der Waals surface area contributed by atoms with Gasteiger partial charge in [-0.2, -0.15) is 10.3 Å². The van der Waals surface area contributed by atoms with Crippen molar-refractivity contribution in [1.82, 2.24) is 25.0 Å². The minimum absolute atomic E-state index is 0.907. The number of thioether (sulfide) groups is 1. The van der Waals surface area contributed by atoms with Crippen LogP contribution in [-0.2, 0) is 6.54 Å². The molecule has 7 heteroatoms. The molecule has 5 nitrogen and oxygen atoms in total. The smallest absolute Gasteiger partial charge is 0.150 e. The summed E-state index contributed by atoms with van der Waals surface area (Å²) in [6.45, 7) is 3.03. The molecule has 19 heavy (non-hydrogen) atoms. The van der Waals surface area contributed by atoms with E-state index in [1.165, 1.54) is 10.4 Å². The van der Waals surface area contributed by atoms with Gasteiger partial charge in [0.05, 0.1) is 11.1 Å². The largest absolute Gasteiger partial charge is 0.329 e. The lowest BCUT2D eigenvalue weighted by atomic mass is 10.3. The van der Waals surface area contributed by atoms with Crippen molar-refractivity contribution in [3.05, 3.63) is 35.6 Å². The summed E-state index contributed by atoms with van der Waals surface area (Å²) in [6, 6.07) is 2.13. The number of aryl methyl sites for hydroxylation is 2. The average Bonchev–Trinajstić information content (AvgIpc) is 3.10. The molecule has 0 fully saturated rings. The number of hydrogen-bond acceptors (Lipinski definition) is 5. The number of aromatic amines is 1. The van der Waals surface area contributed by atoms with Crippen LogP contribution in [0.25, 0.3) is 10.7 Å². The zero-order valence-corrected chi connectivity index (χ0v) is 12.0. The Morgan fingerprint density at radius 3 is 3.16 bits per heavy atom. The first-order valence-electron chi connectivity index (χ1n) is 5.89. The van der Waals surface area contributed by atoms with E-state index in [0.29, 0.717) is 0 Å². The molecule has 3 aromatic rings. The van der Waals surface area contributed by atoms with Crippen LogP contribution < -0.4 is 0 Å². The Hall–Kier alpha value is -1.60. The molecule has 3 aromatic heterocycles. The molecule has 0 saturated heterocycles. The van der Waals surface area contributed by atoms with Gasteiger partial charge in [0, 0.05) is 24.7 Å². The van der Waals surface area contributed by atoms with E-state index in [1.807, 2.05) is 12.4 Å². The first-order chi connectivity index (χ1) is 9.34. The van der Waals surface area contributed by atoms with E-state index < -0.39 is 0 Å². The Morgan fingerprint density at radius 2 is 2.42 bits per heavy atom. The van der Waals surface area contributed by atoms with E-state index in [1.54, 1.807) is 29.3 Å². The van der Waals surface area contributed by atoms with E-state index in [-0.39, 0.29) is 0 Å². The van der Waals surface area contributed by atoms with Gasteiger partial charge >= 0.3 is 0 Å². The Kier molecular flexibility index (Phi) is 3.65. The highest BCUT2D eigenvalue weighted by molar-refractivity contribution is 7.99. The van der Waals surface area contributed by atoms with E-state index in [0.717, 1.165) is 23.1 Å². The van der Waals surface area contributed by atoms with Gasteiger partial charge in [-0.05, 0) is 23.9 Å². The van der Waals surface area contributed by atoms with Crippen LogP contribution in [0.4, 0.5) is 0 Å². The molecule has 3 heterocycles. The lowest BCUT2D eigenvalue weighted by Crippen LogP contribution is -2.01. The van der Waals surface area contributed by atoms with Gasteiger partial charge in [0.15, 0.2) is 0 Å². The lowest BCUT2D eigenvalue weighted by molar-refractivity contribution is 0.780. The molecular formula is C12H13N5S2. The zero-order valence-electron chi connectivity index (χ0n) is 10.4. The van der Waals surface area contributed by atoms with Gasteiger partial charge in [0.25, 0.3) is 0 Å². The van der Waals surface area contributed by atoms with Crippen molar-refractivity contribution in [2.75, 3.05) is 5.75 Å². The second-order valence-corrected chi connectivity index (χ2v) is 6.06. The summed E-state index contributed by atoms with van der Waals surface area (Å²) in [5.41, 5.74) is 1.28. The monoisotopic (exact) mass is 291 g/mol. The van der Waals surface area contributed by atoms with Crippen molar-refractivity contribution in [3.63, 3.8) is 0 Å². The molecule has 0 spiro atoms. The number of imidazole rings is 1. The highest BCUT2D eigenvalue weighted by Gasteiger charge is 2.10. The molecule has 0 unspecified atom stereocenters. The highest BCUT2D eigenvalue weighted by Crippen LogP contribution is 2.27. The quantitative estimate of drug-likeness (QED) is 0.734. The van der Waals surface area contributed by atoms with Crippen LogP contribution in [0.2, 0.25) is 0 Å². The van der Waals surface area contributed by atoms with Gasteiger partial charge in [-0.3, -0.25) is 0 Å². The van der Waals surface area contributed by atoms with Gasteiger partial charge in [0.1, 0.15) is 10.9 Å². The third-order valence-corrected chi connectivity index (χ3v) is 4.65. The zero-order chi connectivity index (χ0) is 13.1. The third kappa shape index (κ3) is 2.71. The molecule has 0 radical (unpaired) electrons. The summed E-state index contributed by atoms with van der Waals surface area (Å²) in [6.07, 6.45) is 5.62. The van der Waals surface area contributed by atoms with E-state index in [2.05, 4.69) is 43.3 Å². The molecule has 0 aliphatic rings. The maximum atomic E-state index is 4.47. The first kappa shape index (κ1) is 12.4. The summed E-state index contributed by atoms with van der Waals surface area (Å²) in [5, 5.41) is 13.5. The fourth-order valence-corrected chi connectivity index (χ4v) is 3.48. The number of nitrogens with one attached hydrogen (secondary N) is 1. The Morgan fingerprint density at radius 1 is 1.47 bits per heavy atom. The van der Waals surface area contributed by atoms with E-state index in [4.69, 9.17) is 0 Å². The number of rotatable bonds is 5. The Labute approximate surface area is 119 Å². The predicted octanol–water partition coefficient (Wildman–Crippen LogP) is 2.83. The highest BCUT2D eigenvalue weighted by atomic mass is 32.2. The van der Waals surface area contributed by atoms with Crippen molar-refractivity contribution in [2.45, 2.75) is 18.5 Å². The Bertz CT molecular complexity index is 641. The third-order valence-electron chi connectivity index (χ3n) is 2.76. The predicted molar refractivity (Wildman–Crippen MR) is 77.4 cm³/mol. The molecule has 0 bridgehead atoms. The van der Waals surface area contributed by atoms with Gasteiger partial charge in [-0.1, -0.05) is 0 Å². The fraction of sp³-hybridized carbons (Fsp3) is 0.250.